The van der Waals surface area contributed by atoms with Gasteiger partial charge in [0.25, 0.3) is 5.91 Å². The van der Waals surface area contributed by atoms with Crippen LogP contribution < -0.4 is 4.90 Å². The number of aliphatic hydroxyl groups excluding tert-OH is 1. The number of carbonyl (C=O) groups is 2. The molecule has 1 N–H and O–H groups in total. The van der Waals surface area contributed by atoms with Crippen molar-refractivity contribution in [2.24, 2.45) is 0 Å². The number of amides is 1. The molecule has 1 unspecified atom stereocenters. The molecular formula is C20H12F2N2O4. The Hall–Kier alpha value is -3.81. The van der Waals surface area contributed by atoms with E-state index in [1.165, 1.54) is 30.7 Å². The molecule has 1 aliphatic rings. The van der Waals surface area contributed by atoms with Crippen molar-refractivity contribution >= 4 is 17.4 Å². The van der Waals surface area contributed by atoms with E-state index in [1.54, 1.807) is 12.1 Å². The molecule has 4 rings (SSSR count). The highest BCUT2D eigenvalue weighted by Crippen LogP contribution is 2.42. The number of nitrogens with zero attached hydrogens (tertiary/aromatic N) is 2. The number of aromatic nitrogens is 1. The second-order valence-corrected chi connectivity index (χ2v) is 6.00. The smallest absolute Gasteiger partial charge is 0.294 e. The van der Waals surface area contributed by atoms with Gasteiger partial charge in [0.1, 0.15) is 17.7 Å². The van der Waals surface area contributed by atoms with Crippen LogP contribution in [0.2, 0.25) is 0 Å². The summed E-state index contributed by atoms with van der Waals surface area (Å²) in [5.41, 5.74) is -0.560. The van der Waals surface area contributed by atoms with E-state index in [1.807, 2.05) is 0 Å². The molecule has 2 aromatic heterocycles. The number of rotatable bonds is 4. The summed E-state index contributed by atoms with van der Waals surface area (Å²) in [7, 11) is 0. The average molecular weight is 382 g/mol. The first-order chi connectivity index (χ1) is 13.5. The molecule has 0 bridgehead atoms. The molecule has 6 nitrogen and oxygen atoms in total. The van der Waals surface area contributed by atoms with Gasteiger partial charge in [-0.15, -0.1) is 0 Å². The molecule has 1 atom stereocenters. The maximum absolute atomic E-state index is 14.4. The standard InChI is InChI=1S/C20H12F2N2O4/c21-11-6-7-12(22)14(10-11)24-17(13-4-1-2-8-23-13)16(19(26)20(24)27)18(25)15-5-3-9-28-15/h1-10,17,26H. The lowest BCUT2D eigenvalue weighted by molar-refractivity contribution is -0.117. The van der Waals surface area contributed by atoms with Gasteiger partial charge < -0.3 is 9.52 Å². The summed E-state index contributed by atoms with van der Waals surface area (Å²) in [4.78, 5) is 30.6. The highest BCUT2D eigenvalue weighted by Gasteiger charge is 2.46. The molecule has 0 aliphatic carbocycles. The van der Waals surface area contributed by atoms with Crippen molar-refractivity contribution in [3.05, 3.63) is 95.4 Å². The molecule has 0 saturated carbocycles. The van der Waals surface area contributed by atoms with Crippen molar-refractivity contribution in [2.45, 2.75) is 6.04 Å². The number of halogens is 2. The number of hydrogen-bond acceptors (Lipinski definition) is 5. The first kappa shape index (κ1) is 17.6. The molecule has 1 aliphatic heterocycles. The van der Waals surface area contributed by atoms with E-state index in [0.717, 1.165) is 23.1 Å². The zero-order valence-corrected chi connectivity index (χ0v) is 14.2. The third kappa shape index (κ3) is 2.75. The Morgan fingerprint density at radius 3 is 2.64 bits per heavy atom. The Balaban J connectivity index is 1.92. The van der Waals surface area contributed by atoms with Gasteiger partial charge in [0.2, 0.25) is 5.78 Å². The van der Waals surface area contributed by atoms with E-state index in [-0.39, 0.29) is 17.0 Å². The van der Waals surface area contributed by atoms with Crippen LogP contribution in [-0.4, -0.2) is 21.8 Å². The fourth-order valence-electron chi connectivity index (χ4n) is 3.11. The summed E-state index contributed by atoms with van der Waals surface area (Å²) in [5.74, 6) is -4.47. The van der Waals surface area contributed by atoms with Crippen molar-refractivity contribution < 1.29 is 27.9 Å². The highest BCUT2D eigenvalue weighted by atomic mass is 19.1. The quantitative estimate of drug-likeness (QED) is 0.695. The van der Waals surface area contributed by atoms with Crippen LogP contribution in [0.25, 0.3) is 0 Å². The maximum Gasteiger partial charge on any atom is 0.294 e. The Bertz CT molecular complexity index is 1090. The van der Waals surface area contributed by atoms with Gasteiger partial charge in [-0.3, -0.25) is 19.5 Å². The second-order valence-electron chi connectivity index (χ2n) is 6.00. The van der Waals surface area contributed by atoms with Gasteiger partial charge in [0.05, 0.1) is 23.2 Å². The SMILES string of the molecule is O=C(C1=C(O)C(=O)N(c2cc(F)ccc2F)C1c1ccccn1)c1ccco1. The van der Waals surface area contributed by atoms with Gasteiger partial charge in [0.15, 0.2) is 11.5 Å². The van der Waals surface area contributed by atoms with Gasteiger partial charge in [0, 0.05) is 12.3 Å². The topological polar surface area (TPSA) is 83.6 Å². The molecule has 0 saturated heterocycles. The van der Waals surface area contributed by atoms with Crippen LogP contribution in [0, 0.1) is 11.6 Å². The molecule has 28 heavy (non-hydrogen) atoms. The Labute approximate surface area is 157 Å². The monoisotopic (exact) mass is 382 g/mol. The predicted octanol–water partition coefficient (Wildman–Crippen LogP) is 3.74. The normalized spacial score (nSPS) is 16.7. The zero-order chi connectivity index (χ0) is 19.8. The van der Waals surface area contributed by atoms with E-state index < -0.39 is 40.8 Å². The molecule has 1 amide bonds. The molecule has 140 valence electrons. The van der Waals surface area contributed by atoms with Crippen LogP contribution in [0.5, 0.6) is 0 Å². The fourth-order valence-corrected chi connectivity index (χ4v) is 3.11. The third-order valence-corrected chi connectivity index (χ3v) is 4.33. The van der Waals surface area contributed by atoms with Gasteiger partial charge in [-0.25, -0.2) is 8.78 Å². The number of aliphatic hydroxyl groups is 1. The number of hydrogen-bond donors (Lipinski definition) is 1. The Kier molecular flexibility index (Phi) is 4.23. The number of carbonyl (C=O) groups excluding carboxylic acids is 2. The van der Waals surface area contributed by atoms with Crippen molar-refractivity contribution in [3.63, 3.8) is 0 Å². The lowest BCUT2D eigenvalue weighted by atomic mass is 9.98. The minimum Gasteiger partial charge on any atom is -0.503 e. The lowest BCUT2D eigenvalue weighted by Gasteiger charge is -2.26. The minimum absolute atomic E-state index is 0.114. The molecule has 3 aromatic rings. The van der Waals surface area contributed by atoms with E-state index in [0.29, 0.717) is 0 Å². The first-order valence-corrected chi connectivity index (χ1v) is 8.20. The summed E-state index contributed by atoms with van der Waals surface area (Å²) < 4.78 is 33.3. The summed E-state index contributed by atoms with van der Waals surface area (Å²) in [6, 6.07) is 8.89. The number of ketones is 1. The van der Waals surface area contributed by atoms with Gasteiger partial charge in [-0.2, -0.15) is 0 Å². The second kappa shape index (κ2) is 6.73. The number of pyridine rings is 1. The highest BCUT2D eigenvalue weighted by molar-refractivity contribution is 6.20. The number of benzene rings is 1. The van der Waals surface area contributed by atoms with Crippen molar-refractivity contribution in [2.75, 3.05) is 4.90 Å². The predicted molar refractivity (Wildman–Crippen MR) is 93.5 cm³/mol. The summed E-state index contributed by atoms with van der Waals surface area (Å²) in [6.45, 7) is 0. The Morgan fingerprint density at radius 2 is 1.96 bits per heavy atom. The van der Waals surface area contributed by atoms with Crippen molar-refractivity contribution in [1.29, 1.82) is 0 Å². The molecule has 1 aromatic carbocycles. The van der Waals surface area contributed by atoms with Crippen LogP contribution in [0.15, 0.2) is 76.7 Å². The number of Topliss-reactive ketones (excluding diaryl/α,β-unsaturated/α-hetero) is 1. The number of furan rings is 1. The molecule has 3 heterocycles. The summed E-state index contributed by atoms with van der Waals surface area (Å²) >= 11 is 0. The minimum atomic E-state index is -1.26. The molecule has 0 fully saturated rings. The molecular weight excluding hydrogens is 370 g/mol. The van der Waals surface area contributed by atoms with E-state index >= 15 is 0 Å². The zero-order valence-electron chi connectivity index (χ0n) is 14.2. The van der Waals surface area contributed by atoms with Crippen molar-refractivity contribution in [1.82, 2.24) is 4.98 Å². The molecule has 8 heteroatoms. The largest absolute Gasteiger partial charge is 0.503 e. The first-order valence-electron chi connectivity index (χ1n) is 8.20. The van der Waals surface area contributed by atoms with Crippen LogP contribution in [0.4, 0.5) is 14.5 Å². The maximum atomic E-state index is 14.4. The molecule has 0 spiro atoms. The van der Waals surface area contributed by atoms with Crippen LogP contribution in [0.3, 0.4) is 0 Å². The van der Waals surface area contributed by atoms with E-state index in [9.17, 15) is 23.5 Å². The van der Waals surface area contributed by atoms with E-state index in [2.05, 4.69) is 4.98 Å². The number of anilines is 1. The average Bonchev–Trinajstić information content (AvgIpc) is 3.32. The van der Waals surface area contributed by atoms with Crippen molar-refractivity contribution in [3.8, 4) is 0 Å². The lowest BCUT2D eigenvalue weighted by Crippen LogP contribution is -2.32. The van der Waals surface area contributed by atoms with Gasteiger partial charge in [-0.05, 0) is 36.4 Å². The third-order valence-electron chi connectivity index (χ3n) is 4.33. The summed E-state index contributed by atoms with van der Waals surface area (Å²) in [5, 5.41) is 10.4. The van der Waals surface area contributed by atoms with Gasteiger partial charge >= 0.3 is 0 Å². The summed E-state index contributed by atoms with van der Waals surface area (Å²) in [6.07, 6.45) is 2.69. The Morgan fingerprint density at radius 1 is 1.14 bits per heavy atom. The fraction of sp³-hybridized carbons (Fsp3) is 0.0500. The van der Waals surface area contributed by atoms with Crippen LogP contribution in [-0.2, 0) is 4.79 Å². The van der Waals surface area contributed by atoms with Crippen LogP contribution in [0.1, 0.15) is 22.3 Å². The van der Waals surface area contributed by atoms with E-state index in [4.69, 9.17) is 4.42 Å². The van der Waals surface area contributed by atoms with Crippen LogP contribution >= 0.6 is 0 Å². The van der Waals surface area contributed by atoms with Gasteiger partial charge in [-0.1, -0.05) is 6.07 Å². The molecule has 0 radical (unpaired) electrons.